The zero-order valence-electron chi connectivity index (χ0n) is 20.8. The number of aryl methyl sites for hydroxylation is 1. The maximum Gasteiger partial charge on any atom is 0.275 e. The molecule has 1 amide bonds. The van der Waals surface area contributed by atoms with Crippen molar-refractivity contribution in [1.82, 2.24) is 4.90 Å². The van der Waals surface area contributed by atoms with Gasteiger partial charge in [0.2, 0.25) is 0 Å². The molecule has 0 aromatic heterocycles. The highest BCUT2D eigenvalue weighted by molar-refractivity contribution is 5.95. The molecule has 0 radical (unpaired) electrons. The van der Waals surface area contributed by atoms with E-state index in [0.717, 1.165) is 5.56 Å². The van der Waals surface area contributed by atoms with Crippen LogP contribution in [0.2, 0.25) is 0 Å². The first kappa shape index (κ1) is 26.2. The molecule has 2 aromatic carbocycles. The van der Waals surface area contributed by atoms with Crippen molar-refractivity contribution in [3.8, 4) is 11.5 Å². The fraction of sp³-hybridized carbons (Fsp3) is 0.393. The third-order valence-corrected chi connectivity index (χ3v) is 5.25. The first-order valence-corrected chi connectivity index (χ1v) is 11.4. The molecule has 1 atom stereocenters. The standard InChI is InChI=1S/C20H21NO4.C5H10.C3H6/c1-14-3-6-16(7-4-14)20(2)24-17-8-5-15(13-18(17)25-20)19(22)21-9-11-23-12-10-21;1-4-5(2)3;1-3-2/h3-8,13H,9-12H2,1-2H3;4H,1-3H3;3H,1H2,2H3. The van der Waals surface area contributed by atoms with Crippen LogP contribution in [0.1, 0.15) is 56.1 Å². The minimum atomic E-state index is -0.878. The lowest BCUT2D eigenvalue weighted by Crippen LogP contribution is -2.40. The molecule has 2 aromatic rings. The molecule has 0 N–H and O–H groups in total. The van der Waals surface area contributed by atoms with Crippen LogP contribution in [0.15, 0.2) is 66.8 Å². The van der Waals surface area contributed by atoms with Gasteiger partial charge in [0.1, 0.15) is 0 Å². The summed E-state index contributed by atoms with van der Waals surface area (Å²) in [5, 5.41) is 0. The SMILES string of the molecule is C=CC.CC=C(C)C.Cc1ccc(C2(C)Oc3ccc(C(=O)N4CCOCC4)cc3O2)cc1. The Morgan fingerprint density at radius 1 is 1.00 bits per heavy atom. The number of carbonyl (C=O) groups is 1. The van der Waals surface area contributed by atoms with Crippen molar-refractivity contribution in [3.05, 3.63) is 83.5 Å². The van der Waals surface area contributed by atoms with Gasteiger partial charge in [0.05, 0.1) is 13.2 Å². The normalized spacial score (nSPS) is 18.2. The van der Waals surface area contributed by atoms with Gasteiger partial charge in [-0.25, -0.2) is 0 Å². The van der Waals surface area contributed by atoms with Crippen molar-refractivity contribution in [1.29, 1.82) is 0 Å². The van der Waals surface area contributed by atoms with Gasteiger partial charge in [0.25, 0.3) is 11.7 Å². The molecular formula is C28H37NO4. The number of hydrogen-bond acceptors (Lipinski definition) is 4. The lowest BCUT2D eigenvalue weighted by molar-refractivity contribution is -0.0680. The smallest absolute Gasteiger partial charge is 0.275 e. The van der Waals surface area contributed by atoms with Crippen molar-refractivity contribution in [2.24, 2.45) is 0 Å². The second-order valence-corrected chi connectivity index (χ2v) is 8.36. The van der Waals surface area contributed by atoms with Gasteiger partial charge < -0.3 is 19.1 Å². The maximum atomic E-state index is 12.6. The van der Waals surface area contributed by atoms with Crippen LogP contribution in [0.5, 0.6) is 11.5 Å². The number of benzene rings is 2. The Balaban J connectivity index is 0.000000420. The van der Waals surface area contributed by atoms with Gasteiger partial charge in [0, 0.05) is 31.1 Å². The second-order valence-electron chi connectivity index (χ2n) is 8.36. The number of morpholine rings is 1. The van der Waals surface area contributed by atoms with E-state index in [4.69, 9.17) is 14.2 Å². The summed E-state index contributed by atoms with van der Waals surface area (Å²) in [5.74, 6) is 0.374. The topological polar surface area (TPSA) is 48.0 Å². The monoisotopic (exact) mass is 451 g/mol. The van der Waals surface area contributed by atoms with E-state index in [0.29, 0.717) is 43.4 Å². The van der Waals surface area contributed by atoms with E-state index in [2.05, 4.69) is 26.5 Å². The third kappa shape index (κ3) is 7.22. The van der Waals surface area contributed by atoms with Crippen LogP contribution in [0, 0.1) is 6.92 Å². The van der Waals surface area contributed by atoms with E-state index in [9.17, 15) is 4.79 Å². The molecule has 0 bridgehead atoms. The van der Waals surface area contributed by atoms with Crippen LogP contribution in [0.25, 0.3) is 0 Å². The van der Waals surface area contributed by atoms with Crippen molar-refractivity contribution in [2.75, 3.05) is 26.3 Å². The molecule has 5 heteroatoms. The Kier molecular flexibility index (Phi) is 9.74. The minimum absolute atomic E-state index is 0.00126. The molecule has 33 heavy (non-hydrogen) atoms. The van der Waals surface area contributed by atoms with Gasteiger partial charge in [-0.1, -0.05) is 47.6 Å². The Morgan fingerprint density at radius 3 is 2.09 bits per heavy atom. The van der Waals surface area contributed by atoms with Crippen LogP contribution in [-0.4, -0.2) is 37.1 Å². The van der Waals surface area contributed by atoms with Crippen molar-refractivity contribution in [2.45, 2.75) is 47.3 Å². The molecule has 2 heterocycles. The zero-order valence-corrected chi connectivity index (χ0v) is 20.8. The highest BCUT2D eigenvalue weighted by Crippen LogP contribution is 2.44. The van der Waals surface area contributed by atoms with E-state index in [1.54, 1.807) is 23.1 Å². The second kappa shape index (κ2) is 12.3. The first-order chi connectivity index (χ1) is 15.7. The molecular weight excluding hydrogens is 414 g/mol. The molecule has 2 aliphatic rings. The van der Waals surface area contributed by atoms with Gasteiger partial charge in [-0.05, 0) is 52.8 Å². The summed E-state index contributed by atoms with van der Waals surface area (Å²) in [4.78, 5) is 14.4. The van der Waals surface area contributed by atoms with Gasteiger partial charge in [-0.2, -0.15) is 0 Å². The molecule has 178 valence electrons. The minimum Gasteiger partial charge on any atom is -0.445 e. The van der Waals surface area contributed by atoms with E-state index in [-0.39, 0.29) is 5.91 Å². The number of amides is 1. The van der Waals surface area contributed by atoms with Gasteiger partial charge in [-0.3, -0.25) is 4.79 Å². The molecule has 1 unspecified atom stereocenters. The lowest BCUT2D eigenvalue weighted by atomic mass is 10.1. The number of ether oxygens (including phenoxy) is 3. The molecule has 5 nitrogen and oxygen atoms in total. The van der Waals surface area contributed by atoms with Crippen LogP contribution in [-0.2, 0) is 10.5 Å². The number of nitrogens with zero attached hydrogens (tertiary/aromatic N) is 1. The predicted molar refractivity (Wildman–Crippen MR) is 134 cm³/mol. The summed E-state index contributed by atoms with van der Waals surface area (Å²) in [6, 6.07) is 13.4. The van der Waals surface area contributed by atoms with Crippen LogP contribution in [0.3, 0.4) is 0 Å². The number of fused-ring (bicyclic) bond motifs is 1. The predicted octanol–water partition coefficient (Wildman–Crippen LogP) is 6.28. The molecule has 1 fully saturated rings. The van der Waals surface area contributed by atoms with Crippen LogP contribution < -0.4 is 9.47 Å². The molecule has 0 aliphatic carbocycles. The Bertz CT molecular complexity index is 954. The van der Waals surface area contributed by atoms with Crippen LogP contribution >= 0.6 is 0 Å². The van der Waals surface area contributed by atoms with Crippen molar-refractivity contribution < 1.29 is 19.0 Å². The zero-order chi connectivity index (χ0) is 24.4. The summed E-state index contributed by atoms with van der Waals surface area (Å²) in [5.41, 5.74) is 4.11. The highest BCUT2D eigenvalue weighted by atomic mass is 16.7. The summed E-state index contributed by atoms with van der Waals surface area (Å²) < 4.78 is 17.4. The number of allylic oxidation sites excluding steroid dienone is 3. The van der Waals surface area contributed by atoms with Crippen LogP contribution in [0.4, 0.5) is 0 Å². The quantitative estimate of drug-likeness (QED) is 0.505. The molecule has 0 saturated carbocycles. The van der Waals surface area contributed by atoms with Crippen molar-refractivity contribution in [3.63, 3.8) is 0 Å². The Hall–Kier alpha value is -3.05. The van der Waals surface area contributed by atoms with E-state index < -0.39 is 5.79 Å². The third-order valence-electron chi connectivity index (χ3n) is 5.25. The van der Waals surface area contributed by atoms with E-state index >= 15 is 0 Å². The lowest BCUT2D eigenvalue weighted by Gasteiger charge is -2.26. The van der Waals surface area contributed by atoms with Gasteiger partial charge >= 0.3 is 0 Å². The maximum absolute atomic E-state index is 12.6. The summed E-state index contributed by atoms with van der Waals surface area (Å²) in [7, 11) is 0. The average molecular weight is 452 g/mol. The number of hydrogen-bond donors (Lipinski definition) is 0. The van der Waals surface area contributed by atoms with Crippen molar-refractivity contribution >= 4 is 5.91 Å². The Labute approximate surface area is 198 Å². The van der Waals surface area contributed by atoms with Gasteiger partial charge in [-0.15, -0.1) is 6.58 Å². The largest absolute Gasteiger partial charge is 0.445 e. The first-order valence-electron chi connectivity index (χ1n) is 11.4. The highest BCUT2D eigenvalue weighted by Gasteiger charge is 2.39. The molecule has 4 rings (SSSR count). The average Bonchev–Trinajstić information content (AvgIpc) is 3.17. The van der Waals surface area contributed by atoms with E-state index in [1.165, 1.54) is 11.1 Å². The fourth-order valence-corrected chi connectivity index (χ4v) is 3.17. The van der Waals surface area contributed by atoms with Gasteiger partial charge in [0.15, 0.2) is 11.5 Å². The summed E-state index contributed by atoms with van der Waals surface area (Å²) in [6.07, 6.45) is 3.83. The Morgan fingerprint density at radius 2 is 1.55 bits per heavy atom. The summed E-state index contributed by atoms with van der Waals surface area (Å²) >= 11 is 0. The summed E-state index contributed by atoms with van der Waals surface area (Å²) in [6.45, 7) is 17.8. The molecule has 2 aliphatic heterocycles. The number of carbonyl (C=O) groups excluding carboxylic acids is 1. The number of rotatable bonds is 2. The van der Waals surface area contributed by atoms with E-state index in [1.807, 2.05) is 58.0 Å². The molecule has 0 spiro atoms. The fourth-order valence-electron chi connectivity index (χ4n) is 3.17. The molecule has 1 saturated heterocycles.